The molecular formula is C18H22N2O3. The van der Waals surface area contributed by atoms with E-state index in [1.165, 1.54) is 0 Å². The smallest absolute Gasteiger partial charge is 0.255 e. The fraction of sp³-hybridized carbons (Fsp3) is 0.278. The van der Waals surface area contributed by atoms with Crippen molar-refractivity contribution in [3.8, 4) is 0 Å². The second-order valence-electron chi connectivity index (χ2n) is 5.26. The molecule has 0 aliphatic heterocycles. The summed E-state index contributed by atoms with van der Waals surface area (Å²) in [5.41, 5.74) is 3.14. The summed E-state index contributed by atoms with van der Waals surface area (Å²) in [4.78, 5) is 12.4. The molecule has 0 aliphatic carbocycles. The number of hydrogen-bond acceptors (Lipinski definition) is 4. The molecule has 0 radical (unpaired) electrons. The first-order valence-electron chi connectivity index (χ1n) is 7.66. The Bertz CT molecular complexity index is 658. The quantitative estimate of drug-likeness (QED) is 0.632. The van der Waals surface area contributed by atoms with Gasteiger partial charge in [0.1, 0.15) is 0 Å². The van der Waals surface area contributed by atoms with Gasteiger partial charge in [0, 0.05) is 23.5 Å². The number of aliphatic hydroxyl groups is 2. The third kappa shape index (κ3) is 4.81. The van der Waals surface area contributed by atoms with Crippen LogP contribution in [0.15, 0.2) is 48.5 Å². The second-order valence-corrected chi connectivity index (χ2v) is 5.26. The predicted molar refractivity (Wildman–Crippen MR) is 91.8 cm³/mol. The maximum atomic E-state index is 12.4. The molecule has 0 bridgehead atoms. The first-order chi connectivity index (χ1) is 11.1. The van der Waals surface area contributed by atoms with E-state index in [2.05, 4.69) is 10.6 Å². The van der Waals surface area contributed by atoms with Crippen LogP contribution in [0.25, 0.3) is 0 Å². The number of carbonyl (C=O) groups excluding carboxylic acids is 1. The van der Waals surface area contributed by atoms with Crippen LogP contribution in [0.1, 0.15) is 22.8 Å². The number of benzene rings is 2. The van der Waals surface area contributed by atoms with Gasteiger partial charge in [-0.2, -0.15) is 0 Å². The zero-order valence-corrected chi connectivity index (χ0v) is 13.1. The minimum atomic E-state index is -0.830. The molecule has 2 aromatic carbocycles. The normalized spacial score (nSPS) is 11.8. The molecule has 0 spiro atoms. The molecule has 23 heavy (non-hydrogen) atoms. The zero-order chi connectivity index (χ0) is 16.7. The van der Waals surface area contributed by atoms with Crippen molar-refractivity contribution in [2.75, 3.05) is 23.8 Å². The Morgan fingerprint density at radius 2 is 1.96 bits per heavy atom. The Kier molecular flexibility index (Phi) is 6.14. The van der Waals surface area contributed by atoms with Crippen LogP contribution in [0.2, 0.25) is 0 Å². The molecule has 1 atom stereocenters. The number of amides is 1. The highest BCUT2D eigenvalue weighted by Crippen LogP contribution is 2.18. The van der Waals surface area contributed by atoms with Gasteiger partial charge in [-0.1, -0.05) is 31.2 Å². The number of para-hydroxylation sites is 1. The van der Waals surface area contributed by atoms with Crippen molar-refractivity contribution < 1.29 is 15.0 Å². The fourth-order valence-corrected chi connectivity index (χ4v) is 2.22. The molecule has 5 heteroatoms. The summed E-state index contributed by atoms with van der Waals surface area (Å²) in [5.74, 6) is -0.183. The Hall–Kier alpha value is -2.37. The maximum Gasteiger partial charge on any atom is 0.255 e. The Morgan fingerprint density at radius 1 is 1.17 bits per heavy atom. The van der Waals surface area contributed by atoms with Gasteiger partial charge in [-0.05, 0) is 36.2 Å². The molecule has 122 valence electrons. The first-order valence-corrected chi connectivity index (χ1v) is 7.66. The number of rotatable bonds is 7. The topological polar surface area (TPSA) is 81.6 Å². The zero-order valence-electron chi connectivity index (χ0n) is 13.1. The summed E-state index contributed by atoms with van der Waals surface area (Å²) >= 11 is 0. The third-order valence-electron chi connectivity index (χ3n) is 3.52. The van der Waals surface area contributed by atoms with E-state index in [1.807, 2.05) is 31.2 Å². The highest BCUT2D eigenvalue weighted by Gasteiger charge is 2.09. The summed E-state index contributed by atoms with van der Waals surface area (Å²) in [6.07, 6.45) is 0.0146. The molecule has 0 saturated carbocycles. The van der Waals surface area contributed by atoms with Crippen LogP contribution in [0, 0.1) is 0 Å². The molecule has 0 aliphatic rings. The van der Waals surface area contributed by atoms with Crippen molar-refractivity contribution in [1.82, 2.24) is 0 Å². The van der Waals surface area contributed by atoms with Gasteiger partial charge in [0.15, 0.2) is 0 Å². The van der Waals surface area contributed by atoms with E-state index < -0.39 is 6.10 Å². The molecular weight excluding hydrogens is 292 g/mol. The average Bonchev–Trinajstić information content (AvgIpc) is 2.60. The van der Waals surface area contributed by atoms with Gasteiger partial charge in [0.05, 0.1) is 12.7 Å². The van der Waals surface area contributed by atoms with Crippen LogP contribution in [-0.2, 0) is 6.42 Å². The molecule has 1 unspecified atom stereocenters. The summed E-state index contributed by atoms with van der Waals surface area (Å²) in [5, 5.41) is 24.1. The number of anilines is 2. The van der Waals surface area contributed by atoms with Crippen LogP contribution in [0.3, 0.4) is 0 Å². The molecule has 4 N–H and O–H groups in total. The van der Waals surface area contributed by atoms with Crippen LogP contribution in [-0.4, -0.2) is 35.4 Å². The lowest BCUT2D eigenvalue weighted by Gasteiger charge is -2.12. The molecule has 2 aromatic rings. The van der Waals surface area contributed by atoms with Crippen molar-refractivity contribution in [3.63, 3.8) is 0 Å². The minimum absolute atomic E-state index is 0.183. The van der Waals surface area contributed by atoms with E-state index in [0.29, 0.717) is 11.3 Å². The van der Waals surface area contributed by atoms with Gasteiger partial charge in [-0.15, -0.1) is 0 Å². The predicted octanol–water partition coefficient (Wildman–Crippen LogP) is 2.27. The lowest BCUT2D eigenvalue weighted by molar-refractivity contribution is 0.102. The summed E-state index contributed by atoms with van der Waals surface area (Å²) in [7, 11) is 0. The van der Waals surface area contributed by atoms with Gasteiger partial charge in [-0.3, -0.25) is 4.79 Å². The van der Waals surface area contributed by atoms with Gasteiger partial charge >= 0.3 is 0 Å². The van der Waals surface area contributed by atoms with E-state index in [1.54, 1.807) is 24.3 Å². The van der Waals surface area contributed by atoms with Crippen molar-refractivity contribution in [1.29, 1.82) is 0 Å². The lowest BCUT2D eigenvalue weighted by Crippen LogP contribution is -2.23. The molecule has 5 nitrogen and oxygen atoms in total. The molecule has 2 rings (SSSR count). The van der Waals surface area contributed by atoms with Crippen LogP contribution in [0.5, 0.6) is 0 Å². The van der Waals surface area contributed by atoms with Crippen LogP contribution in [0.4, 0.5) is 11.4 Å². The van der Waals surface area contributed by atoms with E-state index in [9.17, 15) is 9.90 Å². The molecule has 1 amide bonds. The van der Waals surface area contributed by atoms with E-state index >= 15 is 0 Å². The van der Waals surface area contributed by atoms with Crippen molar-refractivity contribution in [2.24, 2.45) is 0 Å². The third-order valence-corrected chi connectivity index (χ3v) is 3.52. The first kappa shape index (κ1) is 17.0. The molecule has 0 saturated heterocycles. The minimum Gasteiger partial charge on any atom is -0.394 e. The standard InChI is InChI=1S/C18H22N2O3/c1-2-13-6-3-4-9-17(13)20-18(23)14-7-5-8-15(10-14)19-11-16(22)12-21/h3-10,16,19,21-22H,2,11-12H2,1H3,(H,20,23). The van der Waals surface area contributed by atoms with Crippen LogP contribution < -0.4 is 10.6 Å². The summed E-state index contributed by atoms with van der Waals surface area (Å²) < 4.78 is 0. The van der Waals surface area contributed by atoms with Gasteiger partial charge in [0.2, 0.25) is 0 Å². The number of aliphatic hydroxyl groups excluding tert-OH is 2. The average molecular weight is 314 g/mol. The highest BCUT2D eigenvalue weighted by molar-refractivity contribution is 6.05. The second kappa shape index (κ2) is 8.31. The number of nitrogens with one attached hydrogen (secondary N) is 2. The van der Waals surface area contributed by atoms with Crippen molar-refractivity contribution in [3.05, 3.63) is 59.7 Å². The van der Waals surface area contributed by atoms with Crippen LogP contribution >= 0.6 is 0 Å². The number of carbonyl (C=O) groups is 1. The van der Waals surface area contributed by atoms with E-state index in [0.717, 1.165) is 17.7 Å². The monoisotopic (exact) mass is 314 g/mol. The lowest BCUT2D eigenvalue weighted by atomic mass is 10.1. The fourth-order valence-electron chi connectivity index (χ4n) is 2.22. The Balaban J connectivity index is 2.07. The van der Waals surface area contributed by atoms with Crippen molar-refractivity contribution >= 4 is 17.3 Å². The van der Waals surface area contributed by atoms with E-state index in [-0.39, 0.29) is 19.1 Å². The Labute approximate surface area is 136 Å². The number of aryl methyl sites for hydroxylation is 1. The Morgan fingerprint density at radius 3 is 2.70 bits per heavy atom. The SMILES string of the molecule is CCc1ccccc1NC(=O)c1cccc(NCC(O)CO)c1. The van der Waals surface area contributed by atoms with E-state index in [4.69, 9.17) is 5.11 Å². The molecule has 0 fully saturated rings. The maximum absolute atomic E-state index is 12.4. The summed E-state index contributed by atoms with van der Waals surface area (Å²) in [6, 6.07) is 14.7. The number of hydrogen-bond donors (Lipinski definition) is 4. The van der Waals surface area contributed by atoms with Gasteiger partial charge in [0.25, 0.3) is 5.91 Å². The van der Waals surface area contributed by atoms with Gasteiger partial charge in [-0.25, -0.2) is 0 Å². The molecule has 0 heterocycles. The van der Waals surface area contributed by atoms with Crippen molar-refractivity contribution in [2.45, 2.75) is 19.4 Å². The molecule has 0 aromatic heterocycles. The highest BCUT2D eigenvalue weighted by atomic mass is 16.3. The largest absolute Gasteiger partial charge is 0.394 e. The summed E-state index contributed by atoms with van der Waals surface area (Å²) in [6.45, 7) is 1.96. The van der Waals surface area contributed by atoms with Gasteiger partial charge < -0.3 is 20.8 Å².